The molecule has 0 aliphatic heterocycles. The molecule has 16 heavy (non-hydrogen) atoms. The fourth-order valence-electron chi connectivity index (χ4n) is 1.14. The molecular weight excluding hydrogens is 237 g/mol. The zero-order chi connectivity index (χ0) is 12.8. The van der Waals surface area contributed by atoms with Crippen LogP contribution < -0.4 is 5.32 Å². The Bertz CT molecular complexity index is 217. The molecule has 0 spiro atoms. The third-order valence-corrected chi connectivity index (χ3v) is 2.21. The van der Waals surface area contributed by atoms with E-state index in [2.05, 4.69) is 5.32 Å². The van der Waals surface area contributed by atoms with E-state index in [-0.39, 0.29) is 5.11 Å². The zero-order valence-electron chi connectivity index (χ0n) is 9.90. The van der Waals surface area contributed by atoms with E-state index in [0.717, 1.165) is 4.90 Å². The van der Waals surface area contributed by atoms with Gasteiger partial charge in [-0.3, -0.25) is 0 Å². The lowest BCUT2D eigenvalue weighted by Gasteiger charge is -2.26. The molecule has 0 atom stereocenters. The summed E-state index contributed by atoms with van der Waals surface area (Å²) in [5, 5.41) is 3.03. The van der Waals surface area contributed by atoms with Gasteiger partial charge in [0, 0.05) is 13.1 Å². The minimum absolute atomic E-state index is 0.188. The second-order valence-corrected chi connectivity index (χ2v) is 4.50. The van der Waals surface area contributed by atoms with Gasteiger partial charge in [0.2, 0.25) is 0 Å². The Kier molecular flexibility index (Phi) is 6.71. The van der Waals surface area contributed by atoms with Crippen molar-refractivity contribution >= 4 is 17.3 Å². The Hall–Kier alpha value is -0.520. The van der Waals surface area contributed by atoms with E-state index in [1.54, 1.807) is 0 Å². The molecule has 0 aromatic heterocycles. The lowest BCUT2D eigenvalue weighted by atomic mass is 10.2. The van der Waals surface area contributed by atoms with Crippen molar-refractivity contribution in [3.05, 3.63) is 0 Å². The summed E-state index contributed by atoms with van der Waals surface area (Å²) >= 11 is 4.94. The van der Waals surface area contributed by atoms with Gasteiger partial charge in [0.05, 0.1) is 0 Å². The first-order chi connectivity index (χ1) is 7.26. The van der Waals surface area contributed by atoms with Crippen molar-refractivity contribution in [2.75, 3.05) is 19.6 Å². The predicted octanol–water partition coefficient (Wildman–Crippen LogP) is 2.79. The molecule has 1 N–H and O–H groups in total. The van der Waals surface area contributed by atoms with Crippen LogP contribution in [0.4, 0.5) is 13.2 Å². The van der Waals surface area contributed by atoms with Crippen LogP contribution in [0.25, 0.3) is 0 Å². The molecule has 6 heteroatoms. The van der Waals surface area contributed by atoms with Gasteiger partial charge in [0.25, 0.3) is 0 Å². The van der Waals surface area contributed by atoms with Crippen molar-refractivity contribution in [3.8, 4) is 0 Å². The summed E-state index contributed by atoms with van der Waals surface area (Å²) in [5.74, 6) is 0.354. The average molecular weight is 256 g/mol. The number of thiocarbonyl (C=S) groups is 1. The second-order valence-electron chi connectivity index (χ2n) is 4.12. The Balaban J connectivity index is 4.24. The molecule has 0 aliphatic carbocycles. The van der Waals surface area contributed by atoms with Gasteiger partial charge in [-0.25, -0.2) is 0 Å². The molecule has 0 saturated carbocycles. The Labute approximate surface area is 100 Å². The van der Waals surface area contributed by atoms with Gasteiger partial charge in [-0.2, -0.15) is 13.2 Å². The van der Waals surface area contributed by atoms with Crippen molar-refractivity contribution in [3.63, 3.8) is 0 Å². The molecule has 96 valence electrons. The van der Waals surface area contributed by atoms with E-state index in [4.69, 9.17) is 12.2 Å². The Morgan fingerprint density at radius 2 is 1.94 bits per heavy atom. The van der Waals surface area contributed by atoms with Crippen molar-refractivity contribution in [1.29, 1.82) is 0 Å². The number of nitrogens with one attached hydrogen (secondary N) is 1. The lowest BCUT2D eigenvalue weighted by molar-refractivity contribution is -0.137. The molecule has 0 rings (SSSR count). The molecule has 0 heterocycles. The van der Waals surface area contributed by atoms with E-state index >= 15 is 0 Å². The smallest absolute Gasteiger partial charge is 0.362 e. The van der Waals surface area contributed by atoms with Gasteiger partial charge < -0.3 is 10.2 Å². The van der Waals surface area contributed by atoms with Crippen LogP contribution in [-0.4, -0.2) is 35.8 Å². The first kappa shape index (κ1) is 15.5. The molecule has 0 fully saturated rings. The molecular formula is C10H19F3N2S. The summed E-state index contributed by atoms with van der Waals surface area (Å²) in [6.45, 7) is 5.71. The maximum absolute atomic E-state index is 12.3. The molecule has 0 aliphatic rings. The van der Waals surface area contributed by atoms with Crippen LogP contribution in [0.5, 0.6) is 0 Å². The summed E-state index contributed by atoms with van der Waals surface area (Å²) in [5.41, 5.74) is 0. The molecule has 0 aromatic carbocycles. The van der Waals surface area contributed by atoms with Crippen LogP contribution in [0.3, 0.4) is 0 Å². The Morgan fingerprint density at radius 3 is 2.31 bits per heavy atom. The van der Waals surface area contributed by atoms with Gasteiger partial charge in [0.15, 0.2) is 5.11 Å². The van der Waals surface area contributed by atoms with Gasteiger partial charge >= 0.3 is 6.18 Å². The van der Waals surface area contributed by atoms with Gasteiger partial charge in [-0.15, -0.1) is 0 Å². The molecule has 2 nitrogen and oxygen atoms in total. The van der Waals surface area contributed by atoms with Gasteiger partial charge in [-0.05, 0) is 24.6 Å². The molecule has 0 unspecified atom stereocenters. The number of nitrogens with zero attached hydrogens (tertiary/aromatic N) is 1. The zero-order valence-corrected chi connectivity index (χ0v) is 10.7. The third kappa shape index (κ3) is 7.73. The van der Waals surface area contributed by atoms with Crippen LogP contribution in [0, 0.1) is 5.92 Å². The van der Waals surface area contributed by atoms with E-state index in [1.165, 1.54) is 0 Å². The van der Waals surface area contributed by atoms with Crippen molar-refractivity contribution in [2.45, 2.75) is 33.4 Å². The summed E-state index contributed by atoms with van der Waals surface area (Å²) < 4.78 is 36.8. The van der Waals surface area contributed by atoms with E-state index in [1.807, 2.05) is 20.8 Å². The SMILES string of the molecule is CCCN(CC(F)(F)F)C(=S)NCC(C)C. The summed E-state index contributed by atoms with van der Waals surface area (Å²) in [4.78, 5) is 1.16. The van der Waals surface area contributed by atoms with Crippen molar-refractivity contribution in [2.24, 2.45) is 5.92 Å². The van der Waals surface area contributed by atoms with Crippen LogP contribution in [0.15, 0.2) is 0 Å². The number of rotatable bonds is 5. The summed E-state index contributed by atoms with van der Waals surface area (Å²) in [6.07, 6.45) is -3.57. The van der Waals surface area contributed by atoms with Crippen LogP contribution in [0.2, 0.25) is 0 Å². The standard InChI is InChI=1S/C10H19F3N2S/c1-4-5-15(7-10(11,12)13)9(16)14-6-8(2)3/h8H,4-7H2,1-3H3,(H,14,16). The van der Waals surface area contributed by atoms with E-state index in [9.17, 15) is 13.2 Å². The number of hydrogen-bond acceptors (Lipinski definition) is 1. The molecule has 0 aromatic rings. The molecule has 0 radical (unpaired) electrons. The summed E-state index contributed by atoms with van der Waals surface area (Å²) in [6, 6.07) is 0. The van der Waals surface area contributed by atoms with Crippen LogP contribution >= 0.6 is 12.2 Å². The largest absolute Gasteiger partial charge is 0.406 e. The fourth-order valence-corrected chi connectivity index (χ4v) is 1.38. The summed E-state index contributed by atoms with van der Waals surface area (Å²) in [7, 11) is 0. The third-order valence-electron chi connectivity index (χ3n) is 1.81. The fraction of sp³-hybridized carbons (Fsp3) is 0.900. The minimum atomic E-state index is -4.21. The minimum Gasteiger partial charge on any atom is -0.362 e. The molecule has 0 amide bonds. The van der Waals surface area contributed by atoms with E-state index < -0.39 is 12.7 Å². The normalized spacial score (nSPS) is 11.7. The average Bonchev–Trinajstić information content (AvgIpc) is 2.11. The maximum Gasteiger partial charge on any atom is 0.406 e. The first-order valence-electron chi connectivity index (χ1n) is 5.35. The highest BCUT2D eigenvalue weighted by atomic mass is 32.1. The predicted molar refractivity (Wildman–Crippen MR) is 63.4 cm³/mol. The highest BCUT2D eigenvalue weighted by molar-refractivity contribution is 7.80. The first-order valence-corrected chi connectivity index (χ1v) is 5.76. The van der Waals surface area contributed by atoms with Crippen LogP contribution in [0.1, 0.15) is 27.2 Å². The van der Waals surface area contributed by atoms with Crippen LogP contribution in [-0.2, 0) is 0 Å². The topological polar surface area (TPSA) is 15.3 Å². The maximum atomic E-state index is 12.3. The monoisotopic (exact) mass is 256 g/mol. The van der Waals surface area contributed by atoms with Gasteiger partial charge in [0.1, 0.15) is 6.54 Å². The Morgan fingerprint density at radius 1 is 1.38 bits per heavy atom. The lowest BCUT2D eigenvalue weighted by Crippen LogP contribution is -2.45. The second kappa shape index (κ2) is 6.93. The van der Waals surface area contributed by atoms with Gasteiger partial charge in [-0.1, -0.05) is 20.8 Å². The molecule has 0 saturated heterocycles. The quantitative estimate of drug-likeness (QED) is 0.761. The number of halogens is 3. The highest BCUT2D eigenvalue weighted by Crippen LogP contribution is 2.16. The highest BCUT2D eigenvalue weighted by Gasteiger charge is 2.31. The van der Waals surface area contributed by atoms with Crippen molar-refractivity contribution in [1.82, 2.24) is 10.2 Å². The van der Waals surface area contributed by atoms with E-state index in [0.29, 0.717) is 25.4 Å². The number of hydrogen-bond donors (Lipinski definition) is 1. The number of alkyl halides is 3. The van der Waals surface area contributed by atoms with Crippen molar-refractivity contribution < 1.29 is 13.2 Å². The molecule has 0 bridgehead atoms.